The van der Waals surface area contributed by atoms with Crippen LogP contribution in [-0.2, 0) is 0 Å². The summed E-state index contributed by atoms with van der Waals surface area (Å²) in [4.78, 5) is 4.69. The van der Waals surface area contributed by atoms with Crippen LogP contribution in [0.25, 0.3) is 20.8 Å². The molecule has 1 heterocycles. The number of aryl methyl sites for hydroxylation is 1. The van der Waals surface area contributed by atoms with Crippen LogP contribution in [0.15, 0.2) is 36.4 Å². The topological polar surface area (TPSA) is 38.9 Å². The highest BCUT2D eigenvalue weighted by Crippen LogP contribution is 2.33. The van der Waals surface area contributed by atoms with Gasteiger partial charge in [-0.25, -0.2) is 4.98 Å². The first kappa shape index (κ1) is 11.2. The Labute approximate surface area is 110 Å². The maximum atomic E-state index is 5.95. The van der Waals surface area contributed by atoms with Crippen molar-refractivity contribution in [2.45, 2.75) is 13.8 Å². The Balaban J connectivity index is 2.22. The van der Waals surface area contributed by atoms with Crippen LogP contribution < -0.4 is 5.73 Å². The number of thiazole rings is 1. The molecular weight excluding hydrogens is 240 g/mol. The SMILES string of the molecule is Cc1ccc2nc(-c3cccc(N)c3C)sc2c1. The molecule has 3 aromatic rings. The van der Waals surface area contributed by atoms with Gasteiger partial charge in [0.25, 0.3) is 0 Å². The van der Waals surface area contributed by atoms with Crippen LogP contribution in [0.2, 0.25) is 0 Å². The normalized spacial score (nSPS) is 11.0. The molecule has 0 spiro atoms. The van der Waals surface area contributed by atoms with Gasteiger partial charge in [0, 0.05) is 11.3 Å². The summed E-state index contributed by atoms with van der Waals surface area (Å²) in [6.07, 6.45) is 0. The Bertz CT molecular complexity index is 728. The molecule has 90 valence electrons. The van der Waals surface area contributed by atoms with Gasteiger partial charge in [-0.3, -0.25) is 0 Å². The molecule has 0 aliphatic rings. The molecule has 0 bridgehead atoms. The molecule has 0 radical (unpaired) electrons. The minimum atomic E-state index is 0.822. The molecule has 0 fully saturated rings. The number of nitrogen functional groups attached to an aromatic ring is 1. The van der Waals surface area contributed by atoms with Crippen molar-refractivity contribution < 1.29 is 0 Å². The number of fused-ring (bicyclic) bond motifs is 1. The fourth-order valence-corrected chi connectivity index (χ4v) is 3.18. The van der Waals surface area contributed by atoms with E-state index in [9.17, 15) is 0 Å². The predicted octanol–water partition coefficient (Wildman–Crippen LogP) is 4.16. The maximum Gasteiger partial charge on any atom is 0.124 e. The lowest BCUT2D eigenvalue weighted by atomic mass is 10.1. The lowest BCUT2D eigenvalue weighted by Crippen LogP contribution is -1.91. The van der Waals surface area contributed by atoms with Crippen molar-refractivity contribution in [3.8, 4) is 10.6 Å². The second kappa shape index (κ2) is 4.10. The fourth-order valence-electron chi connectivity index (χ4n) is 2.03. The van der Waals surface area contributed by atoms with E-state index in [2.05, 4.69) is 36.2 Å². The van der Waals surface area contributed by atoms with E-state index in [4.69, 9.17) is 5.73 Å². The Morgan fingerprint density at radius 2 is 1.94 bits per heavy atom. The fraction of sp³-hybridized carbons (Fsp3) is 0.133. The highest BCUT2D eigenvalue weighted by molar-refractivity contribution is 7.21. The number of nitrogens with two attached hydrogens (primary N) is 1. The molecule has 0 unspecified atom stereocenters. The van der Waals surface area contributed by atoms with Crippen molar-refractivity contribution in [2.75, 3.05) is 5.73 Å². The first-order valence-corrected chi connectivity index (χ1v) is 6.69. The van der Waals surface area contributed by atoms with Gasteiger partial charge >= 0.3 is 0 Å². The average Bonchev–Trinajstić information content (AvgIpc) is 2.75. The van der Waals surface area contributed by atoms with Gasteiger partial charge in [0.05, 0.1) is 10.2 Å². The molecule has 0 saturated heterocycles. The smallest absolute Gasteiger partial charge is 0.124 e. The summed E-state index contributed by atoms with van der Waals surface area (Å²) < 4.78 is 1.23. The number of hydrogen-bond donors (Lipinski definition) is 1. The van der Waals surface area contributed by atoms with Gasteiger partial charge in [-0.2, -0.15) is 0 Å². The molecule has 2 N–H and O–H groups in total. The largest absolute Gasteiger partial charge is 0.398 e. The molecule has 18 heavy (non-hydrogen) atoms. The van der Waals surface area contributed by atoms with Gasteiger partial charge in [-0.05, 0) is 43.2 Å². The zero-order valence-electron chi connectivity index (χ0n) is 10.4. The van der Waals surface area contributed by atoms with E-state index in [1.807, 2.05) is 19.1 Å². The monoisotopic (exact) mass is 254 g/mol. The standard InChI is InChI=1S/C15H14N2S/c1-9-6-7-13-14(8-9)18-15(17-13)11-4-3-5-12(16)10(11)2/h3-8H,16H2,1-2H3. The second-order valence-corrected chi connectivity index (χ2v) is 5.54. The maximum absolute atomic E-state index is 5.95. The molecule has 2 nitrogen and oxygen atoms in total. The van der Waals surface area contributed by atoms with Crippen molar-refractivity contribution >= 4 is 27.2 Å². The van der Waals surface area contributed by atoms with Gasteiger partial charge in [-0.1, -0.05) is 18.2 Å². The van der Waals surface area contributed by atoms with E-state index < -0.39 is 0 Å². The van der Waals surface area contributed by atoms with Crippen molar-refractivity contribution in [3.05, 3.63) is 47.5 Å². The Hall–Kier alpha value is -1.87. The van der Waals surface area contributed by atoms with Gasteiger partial charge in [-0.15, -0.1) is 11.3 Å². The Kier molecular flexibility index (Phi) is 2.56. The predicted molar refractivity (Wildman–Crippen MR) is 78.9 cm³/mol. The van der Waals surface area contributed by atoms with Crippen molar-refractivity contribution in [2.24, 2.45) is 0 Å². The third-order valence-corrected chi connectivity index (χ3v) is 4.20. The quantitative estimate of drug-likeness (QED) is 0.662. The number of hydrogen-bond acceptors (Lipinski definition) is 3. The molecule has 3 heteroatoms. The molecule has 0 aliphatic heterocycles. The van der Waals surface area contributed by atoms with Crippen LogP contribution in [-0.4, -0.2) is 4.98 Å². The van der Waals surface area contributed by atoms with Crippen LogP contribution >= 0.6 is 11.3 Å². The van der Waals surface area contributed by atoms with Gasteiger partial charge < -0.3 is 5.73 Å². The molecular formula is C15H14N2S. The summed E-state index contributed by atoms with van der Waals surface area (Å²) in [6.45, 7) is 4.15. The van der Waals surface area contributed by atoms with Gasteiger partial charge in [0.15, 0.2) is 0 Å². The van der Waals surface area contributed by atoms with Crippen LogP contribution in [0.1, 0.15) is 11.1 Å². The minimum absolute atomic E-state index is 0.822. The van der Waals surface area contributed by atoms with E-state index in [0.717, 1.165) is 27.3 Å². The van der Waals surface area contributed by atoms with Crippen LogP contribution in [0.3, 0.4) is 0 Å². The summed E-state index contributed by atoms with van der Waals surface area (Å²) in [5.41, 5.74) is 11.3. The minimum Gasteiger partial charge on any atom is -0.398 e. The third-order valence-electron chi connectivity index (χ3n) is 3.15. The van der Waals surface area contributed by atoms with E-state index in [1.165, 1.54) is 10.3 Å². The number of aromatic nitrogens is 1. The Morgan fingerprint density at radius 3 is 2.78 bits per heavy atom. The van der Waals surface area contributed by atoms with Gasteiger partial charge in [0.1, 0.15) is 5.01 Å². The third kappa shape index (κ3) is 1.77. The molecule has 0 saturated carbocycles. The van der Waals surface area contributed by atoms with E-state index in [1.54, 1.807) is 11.3 Å². The summed E-state index contributed by atoms with van der Waals surface area (Å²) in [5, 5.41) is 1.04. The second-order valence-electron chi connectivity index (χ2n) is 4.51. The lowest BCUT2D eigenvalue weighted by molar-refractivity contribution is 1.41. The van der Waals surface area contributed by atoms with Crippen LogP contribution in [0.4, 0.5) is 5.69 Å². The number of nitrogens with zero attached hydrogens (tertiary/aromatic N) is 1. The molecule has 0 amide bonds. The molecule has 1 aromatic heterocycles. The number of rotatable bonds is 1. The first-order chi connectivity index (χ1) is 8.65. The zero-order valence-corrected chi connectivity index (χ0v) is 11.2. The molecule has 2 aromatic carbocycles. The van der Waals surface area contributed by atoms with Crippen molar-refractivity contribution in [3.63, 3.8) is 0 Å². The number of anilines is 1. The van der Waals surface area contributed by atoms with Crippen LogP contribution in [0, 0.1) is 13.8 Å². The number of benzene rings is 2. The lowest BCUT2D eigenvalue weighted by Gasteiger charge is -2.04. The first-order valence-electron chi connectivity index (χ1n) is 5.88. The molecule has 0 aliphatic carbocycles. The van der Waals surface area contributed by atoms with Crippen molar-refractivity contribution in [1.82, 2.24) is 4.98 Å². The van der Waals surface area contributed by atoms with Crippen LogP contribution in [0.5, 0.6) is 0 Å². The highest BCUT2D eigenvalue weighted by atomic mass is 32.1. The summed E-state index contributed by atoms with van der Waals surface area (Å²) in [7, 11) is 0. The zero-order chi connectivity index (χ0) is 12.7. The molecule has 0 atom stereocenters. The van der Waals surface area contributed by atoms with Crippen molar-refractivity contribution in [1.29, 1.82) is 0 Å². The summed E-state index contributed by atoms with van der Waals surface area (Å²) in [6, 6.07) is 12.3. The summed E-state index contributed by atoms with van der Waals surface area (Å²) in [5.74, 6) is 0. The van der Waals surface area contributed by atoms with E-state index in [-0.39, 0.29) is 0 Å². The average molecular weight is 254 g/mol. The van der Waals surface area contributed by atoms with Gasteiger partial charge in [0.2, 0.25) is 0 Å². The van der Waals surface area contributed by atoms with E-state index >= 15 is 0 Å². The Morgan fingerprint density at radius 1 is 1.11 bits per heavy atom. The molecule has 3 rings (SSSR count). The van der Waals surface area contributed by atoms with E-state index in [0.29, 0.717) is 0 Å². The highest BCUT2D eigenvalue weighted by Gasteiger charge is 2.09. The summed E-state index contributed by atoms with van der Waals surface area (Å²) >= 11 is 1.72.